The highest BCUT2D eigenvalue weighted by Crippen LogP contribution is 2.43. The second kappa shape index (κ2) is 8.01. The molecule has 3 fully saturated rings. The molecule has 3 aliphatic heterocycles. The Kier molecular flexibility index (Phi) is 5.39. The van der Waals surface area contributed by atoms with Crippen LogP contribution in [0.25, 0.3) is 0 Å². The van der Waals surface area contributed by atoms with Gasteiger partial charge in [0.1, 0.15) is 0 Å². The van der Waals surface area contributed by atoms with E-state index in [0.717, 1.165) is 44.6 Å². The minimum absolute atomic E-state index is 0.338. The lowest BCUT2D eigenvalue weighted by atomic mass is 9.77. The van der Waals surface area contributed by atoms with E-state index in [4.69, 9.17) is 15.2 Å². The van der Waals surface area contributed by atoms with E-state index < -0.39 is 5.79 Å². The molecule has 5 heteroatoms. The van der Waals surface area contributed by atoms with Gasteiger partial charge in [0, 0.05) is 31.0 Å². The van der Waals surface area contributed by atoms with Gasteiger partial charge in [-0.05, 0) is 80.2 Å². The Morgan fingerprint density at radius 1 is 1.14 bits per heavy atom. The van der Waals surface area contributed by atoms with E-state index in [9.17, 15) is 4.79 Å². The standard InChI is InChI=1S/C24H34N2O3/c25-23(27)19-7-6-18-13-21-5-2-9-24(28-11-12-29-24)15-20(22(18)14-19)8-10-26(21)16-17-3-1-4-17/h6-7,14,17,20-21H,1-5,8-13,15-16H2,(H2,25,27). The Labute approximate surface area is 173 Å². The van der Waals surface area contributed by atoms with Crippen LogP contribution in [-0.4, -0.2) is 48.9 Å². The zero-order valence-electron chi connectivity index (χ0n) is 17.4. The van der Waals surface area contributed by atoms with Crippen LogP contribution in [0.1, 0.15) is 78.8 Å². The van der Waals surface area contributed by atoms with Crippen LogP contribution in [0.4, 0.5) is 0 Å². The summed E-state index contributed by atoms with van der Waals surface area (Å²) in [6, 6.07) is 6.70. The Bertz CT molecular complexity index is 754. The molecule has 1 spiro atoms. The third-order valence-electron chi connectivity index (χ3n) is 7.79. The first-order chi connectivity index (χ1) is 14.1. The fraction of sp³-hybridized carbons (Fsp3) is 0.708. The van der Waals surface area contributed by atoms with Gasteiger partial charge in [-0.15, -0.1) is 0 Å². The average molecular weight is 399 g/mol. The van der Waals surface area contributed by atoms with Crippen LogP contribution in [0.3, 0.4) is 0 Å². The van der Waals surface area contributed by atoms with Crippen molar-refractivity contribution in [2.24, 2.45) is 11.7 Å². The van der Waals surface area contributed by atoms with Crippen molar-refractivity contribution in [3.05, 3.63) is 34.9 Å². The number of nitrogens with zero attached hydrogens (tertiary/aromatic N) is 1. The van der Waals surface area contributed by atoms with Gasteiger partial charge in [0.2, 0.25) is 5.91 Å². The van der Waals surface area contributed by atoms with Crippen LogP contribution in [0, 0.1) is 5.92 Å². The molecule has 0 aromatic heterocycles. The van der Waals surface area contributed by atoms with Crippen LogP contribution in [0.5, 0.6) is 0 Å². The van der Waals surface area contributed by atoms with Crippen molar-refractivity contribution in [1.82, 2.24) is 4.90 Å². The number of ether oxygens (including phenoxy) is 2. The third kappa shape index (κ3) is 3.97. The van der Waals surface area contributed by atoms with Crippen molar-refractivity contribution in [3.63, 3.8) is 0 Å². The zero-order chi connectivity index (χ0) is 19.8. The maximum Gasteiger partial charge on any atom is 0.248 e. The predicted molar refractivity (Wildman–Crippen MR) is 112 cm³/mol. The van der Waals surface area contributed by atoms with Crippen LogP contribution >= 0.6 is 0 Å². The second-order valence-corrected chi connectivity index (χ2v) is 9.62. The first-order valence-electron chi connectivity index (χ1n) is 11.6. The van der Waals surface area contributed by atoms with Gasteiger partial charge in [-0.1, -0.05) is 12.5 Å². The third-order valence-corrected chi connectivity index (χ3v) is 7.79. The van der Waals surface area contributed by atoms with Crippen LogP contribution in [0.2, 0.25) is 0 Å². The van der Waals surface area contributed by atoms with Crippen LogP contribution < -0.4 is 5.73 Å². The molecule has 1 amide bonds. The largest absolute Gasteiger partial charge is 0.366 e. The minimum Gasteiger partial charge on any atom is -0.366 e. The number of rotatable bonds is 3. The number of benzene rings is 1. The fourth-order valence-electron chi connectivity index (χ4n) is 5.94. The maximum atomic E-state index is 11.9. The van der Waals surface area contributed by atoms with E-state index in [2.05, 4.69) is 17.0 Å². The van der Waals surface area contributed by atoms with Gasteiger partial charge >= 0.3 is 0 Å². The van der Waals surface area contributed by atoms with Gasteiger partial charge in [-0.25, -0.2) is 0 Å². The molecule has 1 aromatic carbocycles. The van der Waals surface area contributed by atoms with Crippen molar-refractivity contribution in [3.8, 4) is 0 Å². The number of hydrogen-bond donors (Lipinski definition) is 1. The van der Waals surface area contributed by atoms with E-state index in [1.807, 2.05) is 6.07 Å². The molecule has 0 radical (unpaired) electrons. The number of carbonyl (C=O) groups excluding carboxylic acids is 1. The fourth-order valence-corrected chi connectivity index (χ4v) is 5.94. The first kappa shape index (κ1) is 19.5. The average Bonchev–Trinajstić information content (AvgIpc) is 3.12. The van der Waals surface area contributed by atoms with E-state index in [1.165, 1.54) is 43.4 Å². The molecule has 5 aliphatic rings. The van der Waals surface area contributed by atoms with Gasteiger partial charge in [-0.3, -0.25) is 9.69 Å². The summed E-state index contributed by atoms with van der Waals surface area (Å²) >= 11 is 0. The zero-order valence-corrected chi connectivity index (χ0v) is 17.4. The number of carbonyl (C=O) groups is 1. The van der Waals surface area contributed by atoms with Gasteiger partial charge < -0.3 is 15.2 Å². The summed E-state index contributed by atoms with van der Waals surface area (Å²) in [5.74, 6) is 0.447. The smallest absolute Gasteiger partial charge is 0.248 e. The van der Waals surface area contributed by atoms with Crippen LogP contribution in [0.15, 0.2) is 18.2 Å². The molecule has 3 heterocycles. The monoisotopic (exact) mass is 398 g/mol. The van der Waals surface area contributed by atoms with Crippen molar-refractivity contribution in [2.45, 2.75) is 75.5 Å². The highest BCUT2D eigenvalue weighted by Gasteiger charge is 2.42. The Balaban J connectivity index is 1.51. The molecular formula is C24H34N2O3. The van der Waals surface area contributed by atoms with Gasteiger partial charge in [0.05, 0.1) is 13.2 Å². The van der Waals surface area contributed by atoms with Gasteiger partial charge in [0.15, 0.2) is 5.79 Å². The van der Waals surface area contributed by atoms with Crippen molar-refractivity contribution >= 4 is 5.91 Å². The molecule has 5 nitrogen and oxygen atoms in total. The molecule has 2 aliphatic carbocycles. The molecule has 2 atom stereocenters. The lowest BCUT2D eigenvalue weighted by Crippen LogP contribution is -2.45. The van der Waals surface area contributed by atoms with Crippen molar-refractivity contribution in [2.75, 3.05) is 26.3 Å². The predicted octanol–water partition coefficient (Wildman–Crippen LogP) is 3.60. The summed E-state index contributed by atoms with van der Waals surface area (Å²) in [4.78, 5) is 14.7. The molecule has 2 N–H and O–H groups in total. The quantitative estimate of drug-likeness (QED) is 0.845. The normalized spacial score (nSPS) is 29.9. The summed E-state index contributed by atoms with van der Waals surface area (Å²) in [5.41, 5.74) is 8.93. The van der Waals surface area contributed by atoms with Crippen molar-refractivity contribution < 1.29 is 14.3 Å². The van der Waals surface area contributed by atoms with Gasteiger partial charge in [0.25, 0.3) is 0 Å². The lowest BCUT2D eigenvalue weighted by Gasteiger charge is -2.43. The molecule has 1 saturated carbocycles. The SMILES string of the molecule is NC(=O)c1ccc2c(c1)C1CCN(CC3CCC3)C(CCCC3(C1)OCCO3)C2. The molecular weight excluding hydrogens is 364 g/mol. The Hall–Kier alpha value is -1.43. The topological polar surface area (TPSA) is 64.8 Å². The maximum absolute atomic E-state index is 11.9. The summed E-state index contributed by atoms with van der Waals surface area (Å²) in [7, 11) is 0. The summed E-state index contributed by atoms with van der Waals surface area (Å²) in [6.45, 7) is 3.77. The number of amides is 1. The summed E-state index contributed by atoms with van der Waals surface area (Å²) in [5, 5.41) is 0. The first-order valence-corrected chi connectivity index (χ1v) is 11.6. The molecule has 2 bridgehead atoms. The number of primary amides is 1. The highest BCUT2D eigenvalue weighted by atomic mass is 16.7. The minimum atomic E-state index is -0.442. The number of nitrogens with two attached hydrogens (primary N) is 1. The molecule has 6 rings (SSSR count). The lowest BCUT2D eigenvalue weighted by molar-refractivity contribution is -0.173. The molecule has 2 unspecified atom stereocenters. The summed E-state index contributed by atoms with van der Waals surface area (Å²) < 4.78 is 12.4. The molecule has 158 valence electrons. The molecule has 29 heavy (non-hydrogen) atoms. The van der Waals surface area contributed by atoms with Crippen LogP contribution in [-0.2, 0) is 15.9 Å². The highest BCUT2D eigenvalue weighted by molar-refractivity contribution is 5.93. The Morgan fingerprint density at radius 2 is 1.97 bits per heavy atom. The molecule has 1 aromatic rings. The number of fused-ring (bicyclic) bond motifs is 4. The molecule has 2 saturated heterocycles. The van der Waals surface area contributed by atoms with E-state index in [0.29, 0.717) is 30.7 Å². The van der Waals surface area contributed by atoms with E-state index in [-0.39, 0.29) is 5.91 Å². The number of hydrogen-bond acceptors (Lipinski definition) is 4. The van der Waals surface area contributed by atoms with Crippen molar-refractivity contribution in [1.29, 1.82) is 0 Å². The summed E-state index contributed by atoms with van der Waals surface area (Å²) in [6.07, 6.45) is 10.6. The second-order valence-electron chi connectivity index (χ2n) is 9.62. The van der Waals surface area contributed by atoms with E-state index >= 15 is 0 Å². The van der Waals surface area contributed by atoms with Gasteiger partial charge in [-0.2, -0.15) is 0 Å². The van der Waals surface area contributed by atoms with E-state index in [1.54, 1.807) is 0 Å². The Morgan fingerprint density at radius 3 is 2.69 bits per heavy atom.